The smallest absolute Gasteiger partial charge is 0.126 e. The molecular formula is C11H15BrFNO. The average molecular weight is 276 g/mol. The van der Waals surface area contributed by atoms with Crippen LogP contribution < -0.4 is 5.32 Å². The quantitative estimate of drug-likeness (QED) is 0.782. The molecule has 0 aliphatic heterocycles. The van der Waals surface area contributed by atoms with Crippen molar-refractivity contribution in [2.75, 3.05) is 18.5 Å². The van der Waals surface area contributed by atoms with Gasteiger partial charge in [0.25, 0.3) is 0 Å². The van der Waals surface area contributed by atoms with Gasteiger partial charge in [0, 0.05) is 23.3 Å². The van der Waals surface area contributed by atoms with Crippen LogP contribution in [0.3, 0.4) is 0 Å². The lowest BCUT2D eigenvalue weighted by atomic mass is 10.2. The number of halogens is 2. The Bertz CT molecular complexity index is 286. The highest BCUT2D eigenvalue weighted by atomic mass is 79.9. The summed E-state index contributed by atoms with van der Waals surface area (Å²) >= 11 is 3.23. The fraction of sp³-hybridized carbons (Fsp3) is 0.455. The summed E-state index contributed by atoms with van der Waals surface area (Å²) in [4.78, 5) is 0. The molecule has 1 aromatic carbocycles. The van der Waals surface area contributed by atoms with Crippen LogP contribution in [0.5, 0.6) is 0 Å². The van der Waals surface area contributed by atoms with Crippen LogP contribution in [0.1, 0.15) is 19.3 Å². The zero-order valence-electron chi connectivity index (χ0n) is 8.47. The van der Waals surface area contributed by atoms with Gasteiger partial charge in [-0.25, -0.2) is 4.39 Å². The molecule has 0 radical (unpaired) electrons. The van der Waals surface area contributed by atoms with Crippen LogP contribution in [0.2, 0.25) is 0 Å². The average Bonchev–Trinajstić information content (AvgIpc) is 2.16. The molecule has 0 saturated heterocycles. The minimum absolute atomic E-state index is 0.242. The van der Waals surface area contributed by atoms with Gasteiger partial charge < -0.3 is 10.4 Å². The van der Waals surface area contributed by atoms with Gasteiger partial charge in [0.2, 0.25) is 0 Å². The van der Waals surface area contributed by atoms with Gasteiger partial charge in [-0.15, -0.1) is 0 Å². The molecule has 2 nitrogen and oxygen atoms in total. The van der Waals surface area contributed by atoms with Crippen molar-refractivity contribution in [2.45, 2.75) is 19.3 Å². The summed E-state index contributed by atoms with van der Waals surface area (Å²) in [5.41, 5.74) is 0.783. The molecule has 0 aliphatic rings. The van der Waals surface area contributed by atoms with Gasteiger partial charge in [-0.3, -0.25) is 0 Å². The van der Waals surface area contributed by atoms with Crippen LogP contribution in [0.15, 0.2) is 22.7 Å². The third-order valence-corrected chi connectivity index (χ3v) is 2.48. The molecule has 15 heavy (non-hydrogen) atoms. The lowest BCUT2D eigenvalue weighted by molar-refractivity contribution is 0.283. The van der Waals surface area contributed by atoms with E-state index in [1.807, 2.05) is 6.07 Å². The van der Waals surface area contributed by atoms with E-state index in [0.717, 1.165) is 36.0 Å². The summed E-state index contributed by atoms with van der Waals surface area (Å²) in [5.74, 6) is -0.248. The molecule has 1 rings (SSSR count). The summed E-state index contributed by atoms with van der Waals surface area (Å²) in [7, 11) is 0. The van der Waals surface area contributed by atoms with Crippen molar-refractivity contribution in [1.29, 1.82) is 0 Å². The zero-order chi connectivity index (χ0) is 11.1. The highest BCUT2D eigenvalue weighted by Crippen LogP contribution is 2.18. The molecule has 0 saturated carbocycles. The van der Waals surface area contributed by atoms with Crippen molar-refractivity contribution in [2.24, 2.45) is 0 Å². The van der Waals surface area contributed by atoms with E-state index in [1.165, 1.54) is 12.1 Å². The monoisotopic (exact) mass is 275 g/mol. The Morgan fingerprint density at radius 3 is 2.67 bits per heavy atom. The summed E-state index contributed by atoms with van der Waals surface area (Å²) in [6.45, 7) is 1.04. The molecule has 2 N–H and O–H groups in total. The van der Waals surface area contributed by atoms with E-state index >= 15 is 0 Å². The highest BCUT2D eigenvalue weighted by molar-refractivity contribution is 9.10. The summed E-state index contributed by atoms with van der Waals surface area (Å²) < 4.78 is 13.7. The van der Waals surface area contributed by atoms with Gasteiger partial charge in [0.1, 0.15) is 5.82 Å². The van der Waals surface area contributed by atoms with Crippen molar-refractivity contribution in [3.05, 3.63) is 28.5 Å². The second-order valence-electron chi connectivity index (χ2n) is 3.37. The van der Waals surface area contributed by atoms with Gasteiger partial charge in [-0.1, -0.05) is 15.9 Å². The first-order valence-electron chi connectivity index (χ1n) is 5.03. The van der Waals surface area contributed by atoms with E-state index in [-0.39, 0.29) is 12.4 Å². The first kappa shape index (κ1) is 12.5. The molecule has 1 aromatic rings. The topological polar surface area (TPSA) is 32.3 Å². The van der Waals surface area contributed by atoms with Crippen LogP contribution in [-0.4, -0.2) is 18.3 Å². The number of aliphatic hydroxyl groups excluding tert-OH is 1. The highest BCUT2D eigenvalue weighted by Gasteiger charge is 1.97. The molecule has 84 valence electrons. The van der Waals surface area contributed by atoms with E-state index in [1.54, 1.807) is 0 Å². The minimum Gasteiger partial charge on any atom is -0.396 e. The number of rotatable bonds is 6. The number of hydrogen-bond acceptors (Lipinski definition) is 2. The lowest BCUT2D eigenvalue weighted by Gasteiger charge is -2.06. The maximum atomic E-state index is 13.0. The first-order chi connectivity index (χ1) is 7.22. The van der Waals surface area contributed by atoms with Crippen LogP contribution in [0.25, 0.3) is 0 Å². The molecule has 0 fully saturated rings. The first-order valence-corrected chi connectivity index (χ1v) is 5.82. The Hall–Kier alpha value is -0.610. The van der Waals surface area contributed by atoms with E-state index in [2.05, 4.69) is 21.2 Å². The molecule has 0 spiro atoms. The van der Waals surface area contributed by atoms with Crippen LogP contribution in [0.4, 0.5) is 10.1 Å². The fourth-order valence-corrected chi connectivity index (χ4v) is 1.77. The number of benzene rings is 1. The maximum absolute atomic E-state index is 13.0. The standard InChI is InChI=1S/C11H15BrFNO/c12-9-6-10(13)8-11(7-9)14-4-2-1-3-5-15/h6-8,14-15H,1-5H2. The molecule has 0 unspecified atom stereocenters. The molecule has 0 aromatic heterocycles. The minimum atomic E-state index is -0.248. The molecular weight excluding hydrogens is 261 g/mol. The summed E-state index contributed by atoms with van der Waals surface area (Å²) in [6, 6.07) is 4.74. The number of nitrogens with one attached hydrogen (secondary N) is 1. The molecule has 0 atom stereocenters. The van der Waals surface area contributed by atoms with Crippen molar-refractivity contribution in [3.8, 4) is 0 Å². The Labute approximate surface area is 97.6 Å². The second-order valence-corrected chi connectivity index (χ2v) is 4.28. The number of hydrogen-bond donors (Lipinski definition) is 2. The van der Waals surface area contributed by atoms with Gasteiger partial charge in [0.15, 0.2) is 0 Å². The number of aliphatic hydroxyl groups is 1. The Kier molecular flexibility index (Phi) is 5.65. The lowest BCUT2D eigenvalue weighted by Crippen LogP contribution is -2.02. The number of unbranched alkanes of at least 4 members (excludes halogenated alkanes) is 2. The van der Waals surface area contributed by atoms with Crippen molar-refractivity contribution in [3.63, 3.8) is 0 Å². The predicted molar refractivity (Wildman–Crippen MR) is 63.5 cm³/mol. The normalized spacial score (nSPS) is 10.3. The Morgan fingerprint density at radius 2 is 2.00 bits per heavy atom. The SMILES string of the molecule is OCCCCCNc1cc(F)cc(Br)c1. The van der Waals surface area contributed by atoms with Gasteiger partial charge in [-0.05, 0) is 37.5 Å². The van der Waals surface area contributed by atoms with Gasteiger partial charge in [0.05, 0.1) is 0 Å². The third kappa shape index (κ3) is 5.14. The Morgan fingerprint density at radius 1 is 1.20 bits per heavy atom. The van der Waals surface area contributed by atoms with E-state index in [0.29, 0.717) is 0 Å². The van der Waals surface area contributed by atoms with Crippen molar-refractivity contribution in [1.82, 2.24) is 0 Å². The number of anilines is 1. The van der Waals surface area contributed by atoms with E-state index in [9.17, 15) is 4.39 Å². The van der Waals surface area contributed by atoms with Crippen molar-refractivity contribution >= 4 is 21.6 Å². The van der Waals surface area contributed by atoms with Gasteiger partial charge in [-0.2, -0.15) is 0 Å². The van der Waals surface area contributed by atoms with Gasteiger partial charge >= 0.3 is 0 Å². The molecule has 0 heterocycles. The van der Waals surface area contributed by atoms with E-state index < -0.39 is 0 Å². The molecule has 0 amide bonds. The zero-order valence-corrected chi connectivity index (χ0v) is 10.1. The van der Waals surface area contributed by atoms with Crippen molar-refractivity contribution < 1.29 is 9.50 Å². The summed E-state index contributed by atoms with van der Waals surface area (Å²) in [6.07, 6.45) is 2.79. The van der Waals surface area contributed by atoms with Crippen LogP contribution in [0, 0.1) is 5.82 Å². The fourth-order valence-electron chi connectivity index (χ4n) is 1.30. The Balaban J connectivity index is 2.31. The molecule has 4 heteroatoms. The maximum Gasteiger partial charge on any atom is 0.126 e. The third-order valence-electron chi connectivity index (χ3n) is 2.03. The molecule has 0 aliphatic carbocycles. The van der Waals surface area contributed by atoms with E-state index in [4.69, 9.17) is 5.11 Å². The van der Waals surface area contributed by atoms with Crippen LogP contribution in [-0.2, 0) is 0 Å². The second kappa shape index (κ2) is 6.80. The summed E-state index contributed by atoms with van der Waals surface area (Å²) in [5, 5.41) is 11.7. The molecule has 0 bridgehead atoms. The largest absolute Gasteiger partial charge is 0.396 e. The van der Waals surface area contributed by atoms with Crippen LogP contribution >= 0.6 is 15.9 Å². The predicted octanol–water partition coefficient (Wildman–Crippen LogP) is 3.16.